The predicted molar refractivity (Wildman–Crippen MR) is 291 cm³/mol. The maximum Gasteiger partial charge on any atom is 0.143 e. The minimum Gasteiger partial charge on any atom is -0.456 e. The first-order valence-corrected chi connectivity index (χ1v) is 24.7. The summed E-state index contributed by atoms with van der Waals surface area (Å²) in [6.45, 7) is 14.4. The molecule has 3 heteroatoms. The van der Waals surface area contributed by atoms with E-state index in [2.05, 4.69) is 234 Å². The van der Waals surface area contributed by atoms with Gasteiger partial charge in [-0.1, -0.05) is 151 Å². The van der Waals surface area contributed by atoms with Gasteiger partial charge in [-0.25, -0.2) is 0 Å². The van der Waals surface area contributed by atoms with Gasteiger partial charge in [-0.2, -0.15) is 0 Å². The predicted octanol–water partition coefficient (Wildman–Crippen LogP) is 18.7. The summed E-state index contributed by atoms with van der Waals surface area (Å²) in [7, 11) is 0. The lowest BCUT2D eigenvalue weighted by Gasteiger charge is -2.29. The molecular weight excluding hydrogens is 851 g/mol. The molecule has 0 aliphatic heterocycles. The Morgan fingerprint density at radius 2 is 0.886 bits per heavy atom. The molecule has 2 heterocycles. The Bertz CT molecular complexity index is 4270. The van der Waals surface area contributed by atoms with Crippen molar-refractivity contribution in [2.45, 2.75) is 57.8 Å². The van der Waals surface area contributed by atoms with Crippen LogP contribution in [0.15, 0.2) is 197 Å². The number of nitrogens with zero attached hydrogens (tertiary/aromatic N) is 1. The van der Waals surface area contributed by atoms with Crippen molar-refractivity contribution in [2.24, 2.45) is 0 Å². The van der Waals surface area contributed by atoms with Gasteiger partial charge in [-0.3, -0.25) is 0 Å². The van der Waals surface area contributed by atoms with E-state index >= 15 is 0 Å². The van der Waals surface area contributed by atoms with Crippen LogP contribution < -0.4 is 4.90 Å². The van der Waals surface area contributed by atoms with Gasteiger partial charge in [-0.15, -0.1) is 0 Å². The van der Waals surface area contributed by atoms with Crippen molar-refractivity contribution in [3.8, 4) is 44.5 Å². The number of hydrogen-bond donors (Lipinski definition) is 0. The minimum atomic E-state index is -0.302. The van der Waals surface area contributed by atoms with Gasteiger partial charge in [0, 0.05) is 60.4 Å². The van der Waals surface area contributed by atoms with Crippen molar-refractivity contribution < 1.29 is 8.83 Å². The number of para-hydroxylation sites is 3. The zero-order valence-electron chi connectivity index (χ0n) is 40.2. The molecule has 0 atom stereocenters. The summed E-state index contributed by atoms with van der Waals surface area (Å²) < 4.78 is 13.3. The molecule has 3 aliphatic carbocycles. The summed E-state index contributed by atoms with van der Waals surface area (Å²) in [5.41, 5.74) is 24.7. The van der Waals surface area contributed by atoms with Crippen molar-refractivity contribution in [3.63, 3.8) is 0 Å². The van der Waals surface area contributed by atoms with Gasteiger partial charge >= 0.3 is 0 Å². The second-order valence-electron chi connectivity index (χ2n) is 21.6. The number of fused-ring (bicyclic) bond motifs is 18. The van der Waals surface area contributed by atoms with Crippen LogP contribution in [-0.2, 0) is 16.2 Å². The summed E-state index contributed by atoms with van der Waals surface area (Å²) in [6.07, 6.45) is 0. The first-order valence-electron chi connectivity index (χ1n) is 24.7. The Kier molecular flexibility index (Phi) is 7.71. The molecule has 12 aromatic rings. The van der Waals surface area contributed by atoms with E-state index in [1.807, 2.05) is 0 Å². The first kappa shape index (κ1) is 39.8. The smallest absolute Gasteiger partial charge is 0.143 e. The molecule has 0 saturated heterocycles. The second kappa shape index (κ2) is 13.6. The molecule has 0 fully saturated rings. The molecule has 3 nitrogen and oxygen atoms in total. The highest BCUT2D eigenvalue weighted by Gasteiger charge is 2.44. The van der Waals surface area contributed by atoms with E-state index in [0.717, 1.165) is 55.9 Å². The SMILES string of the molecule is CC1(C)c2cc(N(c3ccccc3)c3ccc4c(c3)C(C)(C)c3cc(-c5ccc6ccccc6c5)c5oc6ccccc6c5c3-4)ccc2-c2cc3c(cc21)-c1c(ccc2oc4ccccc4c12)C3(C)C. The lowest BCUT2D eigenvalue weighted by atomic mass is 9.79. The molecule has 334 valence electrons. The molecule has 0 N–H and O–H groups in total. The van der Waals surface area contributed by atoms with Crippen LogP contribution in [0, 0.1) is 0 Å². The fourth-order valence-electron chi connectivity index (χ4n) is 13.2. The molecule has 3 aliphatic rings. The number of rotatable bonds is 4. The third-order valence-electron chi connectivity index (χ3n) is 16.8. The van der Waals surface area contributed by atoms with E-state index in [9.17, 15) is 0 Å². The molecule has 0 bridgehead atoms. The summed E-state index contributed by atoms with van der Waals surface area (Å²) in [5.74, 6) is 0. The van der Waals surface area contributed by atoms with Crippen LogP contribution in [0.5, 0.6) is 0 Å². The number of hydrogen-bond acceptors (Lipinski definition) is 3. The van der Waals surface area contributed by atoms with Gasteiger partial charge in [0.05, 0.1) is 0 Å². The Morgan fingerprint density at radius 3 is 1.66 bits per heavy atom. The molecule has 2 aromatic heterocycles. The van der Waals surface area contributed by atoms with E-state index in [1.54, 1.807) is 0 Å². The maximum atomic E-state index is 6.88. The molecule has 0 unspecified atom stereocenters. The Hall–Kier alpha value is -8.14. The lowest BCUT2D eigenvalue weighted by Crippen LogP contribution is -2.18. The van der Waals surface area contributed by atoms with E-state index in [4.69, 9.17) is 8.83 Å². The third-order valence-corrected chi connectivity index (χ3v) is 16.8. The molecular formula is C67H49NO2. The van der Waals surface area contributed by atoms with Crippen LogP contribution in [0.1, 0.15) is 74.9 Å². The van der Waals surface area contributed by atoms with Crippen molar-refractivity contribution in [1.82, 2.24) is 0 Å². The highest BCUT2D eigenvalue weighted by molar-refractivity contribution is 6.19. The second-order valence-corrected chi connectivity index (χ2v) is 21.6. The topological polar surface area (TPSA) is 29.5 Å². The number of anilines is 3. The summed E-state index contributed by atoms with van der Waals surface area (Å²) >= 11 is 0. The lowest BCUT2D eigenvalue weighted by molar-refractivity contribution is 0.651. The fourth-order valence-corrected chi connectivity index (χ4v) is 13.2. The van der Waals surface area contributed by atoms with Crippen LogP contribution in [0.3, 0.4) is 0 Å². The molecule has 15 rings (SSSR count). The summed E-state index contributed by atoms with van der Waals surface area (Å²) in [6, 6.07) is 69.7. The van der Waals surface area contributed by atoms with Crippen LogP contribution in [-0.4, -0.2) is 0 Å². The van der Waals surface area contributed by atoms with Crippen molar-refractivity contribution >= 4 is 71.7 Å². The normalized spacial score (nSPS) is 15.3. The minimum absolute atomic E-state index is 0.168. The first-order chi connectivity index (χ1) is 34.0. The Morgan fingerprint density at radius 1 is 0.329 bits per heavy atom. The van der Waals surface area contributed by atoms with Gasteiger partial charge in [0.2, 0.25) is 0 Å². The molecule has 10 aromatic carbocycles. The van der Waals surface area contributed by atoms with E-state index < -0.39 is 0 Å². The monoisotopic (exact) mass is 899 g/mol. The zero-order valence-corrected chi connectivity index (χ0v) is 40.2. The third kappa shape index (κ3) is 5.14. The molecule has 0 radical (unpaired) electrons. The van der Waals surface area contributed by atoms with Crippen molar-refractivity contribution in [1.29, 1.82) is 0 Å². The highest BCUT2D eigenvalue weighted by Crippen LogP contribution is 2.60. The van der Waals surface area contributed by atoms with Gasteiger partial charge in [0.25, 0.3) is 0 Å². The van der Waals surface area contributed by atoms with Crippen molar-refractivity contribution in [2.75, 3.05) is 4.90 Å². The number of furan rings is 2. The van der Waals surface area contributed by atoms with E-state index in [0.29, 0.717) is 0 Å². The summed E-state index contributed by atoms with van der Waals surface area (Å²) in [4.78, 5) is 2.46. The van der Waals surface area contributed by atoms with Crippen LogP contribution in [0.25, 0.3) is 99.2 Å². The van der Waals surface area contributed by atoms with E-state index in [1.165, 1.54) is 93.7 Å². The largest absolute Gasteiger partial charge is 0.456 e. The molecule has 70 heavy (non-hydrogen) atoms. The molecule has 0 amide bonds. The average molecular weight is 900 g/mol. The van der Waals surface area contributed by atoms with Gasteiger partial charge < -0.3 is 13.7 Å². The standard InChI is InChI=1S/C67H49NO2/c1-65(2)51-30-31-59-62(46-20-12-14-22-57(46)69-59)61(51)50-37-54-49(36-55(50)65)44-28-26-42(33-52(44)66(54,3)4)68(41-18-8-7-9-19-41)43-27-29-45-53(34-43)67(5,6)56-35-48(40-25-24-38-16-10-11-17-39(38)32-40)64-63(60(45)56)47-21-13-15-23-58(47)70-64/h7-37H,1-6H3. The quantitative estimate of drug-likeness (QED) is 0.176. The molecule has 0 spiro atoms. The van der Waals surface area contributed by atoms with Crippen molar-refractivity contribution in [3.05, 3.63) is 221 Å². The van der Waals surface area contributed by atoms with E-state index in [-0.39, 0.29) is 16.2 Å². The zero-order chi connectivity index (χ0) is 47.0. The van der Waals surface area contributed by atoms with Crippen LogP contribution in [0.2, 0.25) is 0 Å². The average Bonchev–Trinajstić information content (AvgIpc) is 4.13. The highest BCUT2D eigenvalue weighted by atomic mass is 16.3. The number of benzene rings is 10. The van der Waals surface area contributed by atoms with Crippen LogP contribution >= 0.6 is 0 Å². The Labute approximate surface area is 407 Å². The fraction of sp³-hybridized carbons (Fsp3) is 0.134. The van der Waals surface area contributed by atoms with Gasteiger partial charge in [-0.05, 0) is 162 Å². The van der Waals surface area contributed by atoms with Crippen LogP contribution in [0.4, 0.5) is 17.1 Å². The maximum absolute atomic E-state index is 6.88. The van der Waals surface area contributed by atoms with Gasteiger partial charge in [0.1, 0.15) is 22.3 Å². The van der Waals surface area contributed by atoms with Gasteiger partial charge in [0.15, 0.2) is 0 Å². The summed E-state index contributed by atoms with van der Waals surface area (Å²) in [5, 5.41) is 7.20. The Balaban J connectivity index is 0.883. The molecule has 0 saturated carbocycles.